The Labute approximate surface area is 191 Å². The number of ether oxygens (including phenoxy) is 1. The molecule has 0 N–H and O–H groups in total. The molecule has 8 nitrogen and oxygen atoms in total. The molecule has 0 spiro atoms. The van der Waals surface area contributed by atoms with E-state index in [1.807, 2.05) is 31.2 Å². The summed E-state index contributed by atoms with van der Waals surface area (Å²) < 4.78 is 9.39. The van der Waals surface area contributed by atoms with Crippen LogP contribution in [0.2, 0.25) is 0 Å². The van der Waals surface area contributed by atoms with E-state index in [4.69, 9.17) is 4.74 Å². The molecule has 4 aromatic rings. The first-order valence-electron chi connectivity index (χ1n) is 10.3. The third-order valence-electron chi connectivity index (χ3n) is 5.70. The first-order chi connectivity index (χ1) is 15.3. The van der Waals surface area contributed by atoms with Gasteiger partial charge >= 0.3 is 0 Å². The average Bonchev–Trinajstić information content (AvgIpc) is 3.34. The summed E-state index contributed by atoms with van der Waals surface area (Å²) in [5, 5.41) is 20.6. The molecule has 0 bridgehead atoms. The topological polar surface area (TPSA) is 102 Å². The van der Waals surface area contributed by atoms with E-state index in [1.165, 1.54) is 11.3 Å². The van der Waals surface area contributed by atoms with Crippen LogP contribution >= 0.6 is 23.1 Å². The van der Waals surface area contributed by atoms with Gasteiger partial charge in [-0.05, 0) is 30.5 Å². The van der Waals surface area contributed by atoms with Gasteiger partial charge in [0.2, 0.25) is 5.78 Å². The fraction of sp³-hybridized carbons (Fsp3) is 0.364. The number of hydrogen-bond donors (Lipinski definition) is 0. The lowest BCUT2D eigenvalue weighted by Gasteiger charge is -2.26. The number of thioether (sulfide) groups is 1. The molecule has 3 aromatic heterocycles. The first kappa shape index (κ1) is 21.2. The van der Waals surface area contributed by atoms with Gasteiger partial charge in [-0.2, -0.15) is 0 Å². The second-order valence-electron chi connectivity index (χ2n) is 8.24. The lowest BCUT2D eigenvalue weighted by Crippen LogP contribution is -2.28. The highest BCUT2D eigenvalue weighted by Crippen LogP contribution is 2.37. The molecular formula is C22H21N4O4S2-. The third kappa shape index (κ3) is 3.42. The molecule has 0 fully saturated rings. The molecule has 1 atom stereocenters. The van der Waals surface area contributed by atoms with Gasteiger partial charge < -0.3 is 14.6 Å². The number of aromatic nitrogens is 4. The Morgan fingerprint density at radius 2 is 2.06 bits per heavy atom. The maximum atomic E-state index is 13.8. The van der Waals surface area contributed by atoms with E-state index in [0.717, 1.165) is 32.6 Å². The molecule has 0 saturated carbocycles. The molecule has 1 aliphatic heterocycles. The fourth-order valence-electron chi connectivity index (χ4n) is 4.01. The van der Waals surface area contributed by atoms with Crippen molar-refractivity contribution in [2.45, 2.75) is 45.1 Å². The number of fused-ring (bicyclic) bond motifs is 5. The Kier molecular flexibility index (Phi) is 5.31. The van der Waals surface area contributed by atoms with Gasteiger partial charge in [0.15, 0.2) is 5.16 Å². The Morgan fingerprint density at radius 1 is 1.31 bits per heavy atom. The molecule has 1 aromatic carbocycles. The third-order valence-corrected chi connectivity index (χ3v) is 7.79. The number of carboxylic acids is 1. The highest BCUT2D eigenvalue weighted by atomic mass is 32.2. The first-order valence-corrected chi connectivity index (χ1v) is 12.1. The SMILES string of the molecule is Cc1ccc(-n2c(=O)c3c4c(sc3n3c(SCC(=O)[O-])nnc23)CO[C@@H](C(C)C)C4)cc1. The second-order valence-corrected chi connectivity index (χ2v) is 10.3. The van der Waals surface area contributed by atoms with Gasteiger partial charge in [-0.1, -0.05) is 43.3 Å². The van der Waals surface area contributed by atoms with Crippen LogP contribution in [-0.4, -0.2) is 37.0 Å². The number of carboxylic acid groups (broad SMARTS) is 1. The van der Waals surface area contributed by atoms with Crippen molar-refractivity contribution in [1.29, 1.82) is 0 Å². The molecule has 10 heteroatoms. The summed E-state index contributed by atoms with van der Waals surface area (Å²) in [5.41, 5.74) is 2.62. The van der Waals surface area contributed by atoms with Crippen molar-refractivity contribution in [1.82, 2.24) is 19.2 Å². The van der Waals surface area contributed by atoms with Crippen LogP contribution in [0.15, 0.2) is 34.2 Å². The van der Waals surface area contributed by atoms with Crippen LogP contribution < -0.4 is 10.7 Å². The molecule has 166 valence electrons. The van der Waals surface area contributed by atoms with Crippen molar-refractivity contribution >= 4 is 45.1 Å². The molecule has 0 radical (unpaired) electrons. The van der Waals surface area contributed by atoms with Crippen LogP contribution in [0.5, 0.6) is 0 Å². The zero-order valence-electron chi connectivity index (χ0n) is 17.8. The molecule has 0 amide bonds. The van der Waals surface area contributed by atoms with Crippen LogP contribution in [0.1, 0.15) is 29.9 Å². The largest absolute Gasteiger partial charge is 0.549 e. The van der Waals surface area contributed by atoms with E-state index in [2.05, 4.69) is 24.0 Å². The summed E-state index contributed by atoms with van der Waals surface area (Å²) in [6, 6.07) is 7.64. The minimum absolute atomic E-state index is 0.0380. The highest BCUT2D eigenvalue weighted by molar-refractivity contribution is 7.99. The number of nitrogens with zero attached hydrogens (tertiary/aromatic N) is 4. The van der Waals surface area contributed by atoms with Gasteiger partial charge in [0.05, 0.1) is 29.8 Å². The smallest absolute Gasteiger partial charge is 0.268 e. The van der Waals surface area contributed by atoms with Gasteiger partial charge in [0.25, 0.3) is 5.56 Å². The lowest BCUT2D eigenvalue weighted by molar-refractivity contribution is -0.301. The maximum Gasteiger partial charge on any atom is 0.268 e. The number of aryl methyl sites for hydroxylation is 1. The summed E-state index contributed by atoms with van der Waals surface area (Å²) in [6.07, 6.45) is 0.696. The van der Waals surface area contributed by atoms with Crippen LogP contribution in [-0.2, 0) is 22.6 Å². The predicted octanol–water partition coefficient (Wildman–Crippen LogP) is 2.34. The molecular weight excluding hydrogens is 448 g/mol. The summed E-state index contributed by atoms with van der Waals surface area (Å²) in [7, 11) is 0. The fourth-order valence-corrected chi connectivity index (χ4v) is 5.96. The number of rotatable bonds is 5. The lowest BCUT2D eigenvalue weighted by atomic mass is 9.96. The van der Waals surface area contributed by atoms with Crippen molar-refractivity contribution in [3.63, 3.8) is 0 Å². The number of aliphatic carboxylic acids is 1. The second kappa shape index (κ2) is 8.02. The number of benzene rings is 1. The molecule has 1 aliphatic rings. The van der Waals surface area contributed by atoms with Gasteiger partial charge in [0, 0.05) is 17.1 Å². The number of carbonyl (C=O) groups excluding carboxylic acids is 1. The van der Waals surface area contributed by atoms with Crippen LogP contribution in [0.25, 0.3) is 21.7 Å². The Morgan fingerprint density at radius 3 is 2.75 bits per heavy atom. The van der Waals surface area contributed by atoms with Crippen molar-refractivity contribution in [2.24, 2.45) is 5.92 Å². The van der Waals surface area contributed by atoms with Crippen LogP contribution in [0, 0.1) is 12.8 Å². The zero-order chi connectivity index (χ0) is 22.6. The Hall–Kier alpha value is -2.69. The van der Waals surface area contributed by atoms with E-state index >= 15 is 0 Å². The van der Waals surface area contributed by atoms with E-state index in [1.54, 1.807) is 8.97 Å². The van der Waals surface area contributed by atoms with E-state index in [-0.39, 0.29) is 17.4 Å². The van der Waals surface area contributed by atoms with Crippen LogP contribution in [0.3, 0.4) is 0 Å². The normalized spacial score (nSPS) is 16.2. The average molecular weight is 470 g/mol. The number of thiophene rings is 1. The Balaban J connectivity index is 1.83. The summed E-state index contributed by atoms with van der Waals surface area (Å²) in [5.74, 6) is -0.763. The van der Waals surface area contributed by atoms with Gasteiger partial charge in [-0.3, -0.25) is 4.79 Å². The molecule has 0 aliphatic carbocycles. The van der Waals surface area contributed by atoms with Crippen molar-refractivity contribution in [3.05, 3.63) is 50.6 Å². The van der Waals surface area contributed by atoms with E-state index in [0.29, 0.717) is 41.0 Å². The number of hydrogen-bond acceptors (Lipinski definition) is 8. The zero-order valence-corrected chi connectivity index (χ0v) is 19.5. The van der Waals surface area contributed by atoms with E-state index < -0.39 is 5.97 Å². The monoisotopic (exact) mass is 469 g/mol. The van der Waals surface area contributed by atoms with Gasteiger partial charge in [-0.25, -0.2) is 8.97 Å². The molecule has 0 unspecified atom stereocenters. The van der Waals surface area contributed by atoms with Gasteiger partial charge in [-0.15, -0.1) is 21.5 Å². The van der Waals surface area contributed by atoms with Crippen molar-refractivity contribution < 1.29 is 14.6 Å². The molecule has 4 heterocycles. The van der Waals surface area contributed by atoms with E-state index in [9.17, 15) is 14.7 Å². The maximum absolute atomic E-state index is 13.8. The van der Waals surface area contributed by atoms with Crippen molar-refractivity contribution in [3.8, 4) is 5.69 Å². The minimum Gasteiger partial charge on any atom is -0.549 e. The highest BCUT2D eigenvalue weighted by Gasteiger charge is 2.30. The van der Waals surface area contributed by atoms with Crippen LogP contribution in [0.4, 0.5) is 0 Å². The van der Waals surface area contributed by atoms with Crippen molar-refractivity contribution in [2.75, 3.05) is 5.75 Å². The predicted molar refractivity (Wildman–Crippen MR) is 122 cm³/mol. The molecule has 0 saturated heterocycles. The minimum atomic E-state index is -1.19. The summed E-state index contributed by atoms with van der Waals surface area (Å²) >= 11 is 2.52. The molecule has 32 heavy (non-hydrogen) atoms. The molecule has 5 rings (SSSR count). The number of carbonyl (C=O) groups is 1. The standard InChI is InChI=1S/C22H22N4O4S2/c1-11(2)15-8-14-16(9-30-15)32-20-18(14)19(29)25(13-6-4-12(3)5-7-13)21-23-24-22(26(20)21)31-10-17(27)28/h4-7,11,15H,8-10H2,1-3H3,(H,27,28)/p-1/t15-/m1/s1. The Bertz CT molecular complexity index is 1400. The summed E-state index contributed by atoms with van der Waals surface area (Å²) in [4.78, 5) is 26.7. The van der Waals surface area contributed by atoms with Gasteiger partial charge in [0.1, 0.15) is 4.83 Å². The quantitative estimate of drug-likeness (QED) is 0.414. The summed E-state index contributed by atoms with van der Waals surface area (Å²) in [6.45, 7) is 6.66.